The van der Waals surface area contributed by atoms with E-state index in [9.17, 15) is 5.11 Å². The van der Waals surface area contributed by atoms with Crippen molar-refractivity contribution >= 4 is 10.8 Å². The van der Waals surface area contributed by atoms with Crippen LogP contribution < -0.4 is 10.5 Å². The second-order valence-electron chi connectivity index (χ2n) is 4.11. The molecule has 0 unspecified atom stereocenters. The number of fused-ring (bicyclic) bond motifs is 3. The molecule has 16 heavy (non-hydrogen) atoms. The summed E-state index contributed by atoms with van der Waals surface area (Å²) in [6, 6.07) is 11.6. The van der Waals surface area contributed by atoms with Gasteiger partial charge in [0.05, 0.1) is 6.04 Å². The minimum atomic E-state index is -0.617. The van der Waals surface area contributed by atoms with Gasteiger partial charge in [-0.15, -0.1) is 0 Å². The van der Waals surface area contributed by atoms with Crippen LogP contribution in [0.4, 0.5) is 0 Å². The molecule has 0 bridgehead atoms. The summed E-state index contributed by atoms with van der Waals surface area (Å²) in [4.78, 5) is 0. The molecule has 82 valence electrons. The van der Waals surface area contributed by atoms with Gasteiger partial charge in [-0.25, -0.2) is 0 Å². The third-order valence-electron chi connectivity index (χ3n) is 3.08. The van der Waals surface area contributed by atoms with Crippen molar-refractivity contribution in [3.8, 4) is 5.75 Å². The quantitative estimate of drug-likeness (QED) is 0.701. The Hall–Kier alpha value is -1.58. The lowest BCUT2D eigenvalue weighted by Crippen LogP contribution is -2.35. The lowest BCUT2D eigenvalue weighted by Gasteiger charge is -2.28. The van der Waals surface area contributed by atoms with Gasteiger partial charge >= 0.3 is 0 Å². The fourth-order valence-electron chi connectivity index (χ4n) is 2.16. The van der Waals surface area contributed by atoms with E-state index in [1.807, 2.05) is 36.4 Å². The zero-order chi connectivity index (χ0) is 11.1. The van der Waals surface area contributed by atoms with Crippen molar-refractivity contribution in [3.63, 3.8) is 0 Å². The summed E-state index contributed by atoms with van der Waals surface area (Å²) >= 11 is 0. The van der Waals surface area contributed by atoms with E-state index in [0.717, 1.165) is 22.1 Å². The number of hydrogen-bond donors (Lipinski definition) is 2. The summed E-state index contributed by atoms with van der Waals surface area (Å²) < 4.78 is 5.59. The molecule has 2 atom stereocenters. The van der Waals surface area contributed by atoms with E-state index < -0.39 is 6.10 Å². The third kappa shape index (κ3) is 1.29. The van der Waals surface area contributed by atoms with E-state index in [-0.39, 0.29) is 12.6 Å². The Morgan fingerprint density at radius 3 is 2.88 bits per heavy atom. The first-order chi connectivity index (χ1) is 7.77. The summed E-state index contributed by atoms with van der Waals surface area (Å²) in [5, 5.41) is 11.8. The molecule has 1 heterocycles. The lowest BCUT2D eigenvalue weighted by atomic mass is 9.95. The van der Waals surface area contributed by atoms with Crippen LogP contribution >= 0.6 is 0 Å². The number of aliphatic hydroxyl groups is 1. The Bertz CT molecular complexity index is 538. The van der Waals surface area contributed by atoms with Crippen molar-refractivity contribution in [2.24, 2.45) is 5.73 Å². The zero-order valence-electron chi connectivity index (χ0n) is 8.76. The molecule has 1 aliphatic heterocycles. The van der Waals surface area contributed by atoms with Gasteiger partial charge in [-0.1, -0.05) is 36.4 Å². The van der Waals surface area contributed by atoms with Gasteiger partial charge in [-0.3, -0.25) is 0 Å². The molecule has 2 aromatic carbocycles. The van der Waals surface area contributed by atoms with Crippen LogP contribution in [0.2, 0.25) is 0 Å². The fraction of sp³-hybridized carbons (Fsp3) is 0.231. The van der Waals surface area contributed by atoms with Gasteiger partial charge in [0.2, 0.25) is 0 Å². The maximum absolute atomic E-state index is 9.65. The molecule has 2 aromatic rings. The summed E-state index contributed by atoms with van der Waals surface area (Å²) in [6.07, 6.45) is -0.617. The summed E-state index contributed by atoms with van der Waals surface area (Å²) in [7, 11) is 0. The standard InChI is InChI=1S/C13H13NO2/c14-12-10-6-5-8-3-1-2-4-9(8)13(10)16-7-11(12)15/h1-6,11-12,15H,7,14H2/t11-,12+/m0/s1. The maximum atomic E-state index is 9.65. The predicted molar refractivity (Wildman–Crippen MR) is 62.4 cm³/mol. The van der Waals surface area contributed by atoms with Crippen LogP contribution in [0.1, 0.15) is 11.6 Å². The average molecular weight is 215 g/mol. The summed E-state index contributed by atoms with van der Waals surface area (Å²) in [6.45, 7) is 0.266. The minimum absolute atomic E-state index is 0.266. The van der Waals surface area contributed by atoms with Crippen molar-refractivity contribution in [2.75, 3.05) is 6.61 Å². The SMILES string of the molecule is N[C@@H]1c2ccc3ccccc3c2OC[C@@H]1O. The first kappa shape index (κ1) is 9.63. The Kier molecular flexibility index (Phi) is 2.09. The molecule has 3 rings (SSSR count). The fourth-order valence-corrected chi connectivity index (χ4v) is 2.16. The van der Waals surface area contributed by atoms with Crippen molar-refractivity contribution in [2.45, 2.75) is 12.1 Å². The van der Waals surface area contributed by atoms with E-state index in [0.29, 0.717) is 0 Å². The molecule has 0 saturated carbocycles. The Labute approximate surface area is 93.4 Å². The van der Waals surface area contributed by atoms with Crippen molar-refractivity contribution in [1.82, 2.24) is 0 Å². The average Bonchev–Trinajstić information content (AvgIpc) is 2.33. The lowest BCUT2D eigenvalue weighted by molar-refractivity contribution is 0.0689. The van der Waals surface area contributed by atoms with Crippen molar-refractivity contribution in [1.29, 1.82) is 0 Å². The van der Waals surface area contributed by atoms with E-state index in [2.05, 4.69) is 0 Å². The minimum Gasteiger partial charge on any atom is -0.490 e. The van der Waals surface area contributed by atoms with Crippen LogP contribution in [0.25, 0.3) is 10.8 Å². The normalized spacial score (nSPS) is 23.9. The van der Waals surface area contributed by atoms with Crippen LogP contribution in [-0.2, 0) is 0 Å². The molecule has 3 nitrogen and oxygen atoms in total. The van der Waals surface area contributed by atoms with Crippen LogP contribution in [0.15, 0.2) is 36.4 Å². The number of rotatable bonds is 0. The molecular weight excluding hydrogens is 202 g/mol. The molecule has 3 heteroatoms. The van der Waals surface area contributed by atoms with Crippen LogP contribution in [0, 0.1) is 0 Å². The third-order valence-corrected chi connectivity index (χ3v) is 3.08. The number of benzene rings is 2. The summed E-state index contributed by atoms with van der Waals surface area (Å²) in [5.74, 6) is 0.816. The van der Waals surface area contributed by atoms with Gasteiger partial charge in [0.25, 0.3) is 0 Å². The highest BCUT2D eigenvalue weighted by Gasteiger charge is 2.27. The maximum Gasteiger partial charge on any atom is 0.132 e. The highest BCUT2D eigenvalue weighted by molar-refractivity contribution is 5.90. The van der Waals surface area contributed by atoms with E-state index >= 15 is 0 Å². The van der Waals surface area contributed by atoms with Gasteiger partial charge in [0, 0.05) is 10.9 Å². The first-order valence-electron chi connectivity index (χ1n) is 5.35. The Balaban J connectivity index is 2.27. The molecule has 0 aromatic heterocycles. The van der Waals surface area contributed by atoms with E-state index in [1.54, 1.807) is 0 Å². The van der Waals surface area contributed by atoms with Crippen LogP contribution in [-0.4, -0.2) is 17.8 Å². The second kappa shape index (κ2) is 3.47. The van der Waals surface area contributed by atoms with E-state index in [1.165, 1.54) is 0 Å². The van der Waals surface area contributed by atoms with Crippen molar-refractivity contribution in [3.05, 3.63) is 42.0 Å². The van der Waals surface area contributed by atoms with Crippen LogP contribution in [0.3, 0.4) is 0 Å². The summed E-state index contributed by atoms with van der Waals surface area (Å²) in [5.41, 5.74) is 6.84. The first-order valence-corrected chi connectivity index (χ1v) is 5.35. The van der Waals surface area contributed by atoms with Gasteiger partial charge in [-0.2, -0.15) is 0 Å². The largest absolute Gasteiger partial charge is 0.490 e. The molecule has 3 N–H and O–H groups in total. The molecule has 1 aliphatic rings. The zero-order valence-corrected chi connectivity index (χ0v) is 8.76. The monoisotopic (exact) mass is 215 g/mol. The van der Waals surface area contributed by atoms with Gasteiger partial charge in [-0.05, 0) is 5.39 Å². The molecular formula is C13H13NO2. The number of aliphatic hydroxyl groups excluding tert-OH is 1. The Morgan fingerprint density at radius 2 is 2.00 bits per heavy atom. The molecule has 0 aliphatic carbocycles. The second-order valence-corrected chi connectivity index (χ2v) is 4.11. The number of hydrogen-bond acceptors (Lipinski definition) is 3. The van der Waals surface area contributed by atoms with Gasteiger partial charge < -0.3 is 15.6 Å². The highest BCUT2D eigenvalue weighted by Crippen LogP contribution is 2.36. The van der Waals surface area contributed by atoms with Gasteiger partial charge in [0.15, 0.2) is 0 Å². The molecule has 0 spiro atoms. The van der Waals surface area contributed by atoms with Crippen LogP contribution in [0.5, 0.6) is 5.75 Å². The predicted octanol–water partition coefficient (Wildman–Crippen LogP) is 1.59. The highest BCUT2D eigenvalue weighted by atomic mass is 16.5. The topological polar surface area (TPSA) is 55.5 Å². The molecule has 0 fully saturated rings. The number of ether oxygens (including phenoxy) is 1. The number of nitrogens with two attached hydrogens (primary N) is 1. The smallest absolute Gasteiger partial charge is 0.132 e. The molecule has 0 amide bonds. The molecule has 0 saturated heterocycles. The van der Waals surface area contributed by atoms with E-state index in [4.69, 9.17) is 10.5 Å². The molecule has 0 radical (unpaired) electrons. The Morgan fingerprint density at radius 1 is 1.19 bits per heavy atom. The van der Waals surface area contributed by atoms with Gasteiger partial charge in [0.1, 0.15) is 18.5 Å². The van der Waals surface area contributed by atoms with Crippen molar-refractivity contribution < 1.29 is 9.84 Å².